The highest BCUT2D eigenvalue weighted by molar-refractivity contribution is 6.27. The average Bonchev–Trinajstić information content (AvgIpc) is 3.60. The summed E-state index contributed by atoms with van der Waals surface area (Å²) in [7, 11) is 0. The second kappa shape index (κ2) is 12.9. The maximum Gasteiger partial charge on any atom is 0.258 e. The molecular formula is C43H38N2O4. The van der Waals surface area contributed by atoms with E-state index >= 15 is 0 Å². The highest BCUT2D eigenvalue weighted by Gasteiger charge is 2.33. The number of ketones is 2. The standard InChI is InChI=1S/C43H38N2O4/c46-40-32-22-12-10-20-30(32)38-36(40)28-18-8-14-24-34(28)42(48)44(38)26-16-6-4-2-1-3-5-7-17-27-45-39-31-21-11-13-23-33(31)41(47)37(39)29-19-9-15-25-35(29)43(45)49/h8-15,18-25H,1-7,16-17,26-27H2. The van der Waals surface area contributed by atoms with Crippen molar-refractivity contribution in [2.24, 2.45) is 0 Å². The lowest BCUT2D eigenvalue weighted by atomic mass is 10.0. The Hall–Kier alpha value is -5.36. The smallest absolute Gasteiger partial charge is 0.258 e. The van der Waals surface area contributed by atoms with Crippen LogP contribution in [0.5, 0.6) is 0 Å². The van der Waals surface area contributed by atoms with Gasteiger partial charge in [-0.25, -0.2) is 0 Å². The summed E-state index contributed by atoms with van der Waals surface area (Å²) in [5.74, 6) is 0.00781. The van der Waals surface area contributed by atoms with Crippen molar-refractivity contribution in [1.82, 2.24) is 9.13 Å². The summed E-state index contributed by atoms with van der Waals surface area (Å²) in [4.78, 5) is 54.0. The summed E-state index contributed by atoms with van der Waals surface area (Å²) < 4.78 is 3.68. The first-order valence-electron chi connectivity index (χ1n) is 17.7. The molecule has 0 amide bonds. The topological polar surface area (TPSA) is 78.1 Å². The zero-order valence-electron chi connectivity index (χ0n) is 27.5. The summed E-state index contributed by atoms with van der Waals surface area (Å²) in [5.41, 5.74) is 5.89. The van der Waals surface area contributed by atoms with Crippen molar-refractivity contribution in [2.45, 2.75) is 70.9 Å². The van der Waals surface area contributed by atoms with Gasteiger partial charge in [-0.1, -0.05) is 130 Å². The van der Waals surface area contributed by atoms with Gasteiger partial charge in [0.2, 0.25) is 0 Å². The SMILES string of the molecule is O=C1c2ccccc2-c2c1c1ccccc1c(=O)n2CCCCCCCCCCCn1c2c(c3ccccc3c1=O)C(=O)c1ccccc1-2. The monoisotopic (exact) mass is 646 g/mol. The minimum absolute atomic E-state index is 0.00391. The van der Waals surface area contributed by atoms with Gasteiger partial charge in [-0.15, -0.1) is 0 Å². The van der Waals surface area contributed by atoms with Gasteiger partial charge in [-0.3, -0.25) is 19.2 Å². The highest BCUT2D eigenvalue weighted by atomic mass is 16.1. The summed E-state index contributed by atoms with van der Waals surface area (Å²) in [6, 6.07) is 30.2. The van der Waals surface area contributed by atoms with E-state index in [1.165, 1.54) is 0 Å². The number of hydrogen-bond acceptors (Lipinski definition) is 4. The Bertz CT molecular complexity index is 2250. The fourth-order valence-electron chi connectivity index (χ4n) is 8.06. The molecule has 6 heteroatoms. The Balaban J connectivity index is 0.846. The minimum atomic E-state index is -0.0226. The fraction of sp³-hybridized carbons (Fsp3) is 0.256. The molecule has 244 valence electrons. The van der Waals surface area contributed by atoms with Crippen LogP contribution in [0.25, 0.3) is 44.1 Å². The molecule has 0 atom stereocenters. The predicted molar refractivity (Wildman–Crippen MR) is 196 cm³/mol. The highest BCUT2D eigenvalue weighted by Crippen LogP contribution is 2.40. The Morgan fingerprint density at radius 2 is 0.653 bits per heavy atom. The summed E-state index contributed by atoms with van der Waals surface area (Å²) >= 11 is 0. The average molecular weight is 647 g/mol. The first-order valence-corrected chi connectivity index (χ1v) is 17.7. The van der Waals surface area contributed by atoms with Gasteiger partial charge in [-0.05, 0) is 25.0 Å². The molecule has 0 N–H and O–H groups in total. The molecule has 49 heavy (non-hydrogen) atoms. The van der Waals surface area contributed by atoms with Gasteiger partial charge in [0, 0.05) is 56.9 Å². The van der Waals surface area contributed by atoms with Crippen LogP contribution < -0.4 is 11.1 Å². The van der Waals surface area contributed by atoms with Crippen LogP contribution in [0.15, 0.2) is 107 Å². The first kappa shape index (κ1) is 30.9. The molecule has 2 heterocycles. The molecule has 0 saturated heterocycles. The van der Waals surface area contributed by atoms with Crippen LogP contribution in [-0.4, -0.2) is 20.7 Å². The molecule has 2 aliphatic carbocycles. The van der Waals surface area contributed by atoms with Crippen LogP contribution >= 0.6 is 0 Å². The zero-order chi connectivity index (χ0) is 33.5. The van der Waals surface area contributed by atoms with E-state index in [4.69, 9.17) is 0 Å². The molecule has 2 aromatic heterocycles. The van der Waals surface area contributed by atoms with Crippen LogP contribution in [0.3, 0.4) is 0 Å². The first-order chi connectivity index (χ1) is 24.1. The van der Waals surface area contributed by atoms with Gasteiger partial charge in [0.05, 0.1) is 22.5 Å². The van der Waals surface area contributed by atoms with E-state index in [2.05, 4.69) is 0 Å². The zero-order valence-corrected chi connectivity index (χ0v) is 27.5. The van der Waals surface area contributed by atoms with Crippen molar-refractivity contribution in [1.29, 1.82) is 0 Å². The largest absolute Gasteiger partial charge is 0.307 e. The molecule has 0 bridgehead atoms. The van der Waals surface area contributed by atoms with Crippen LogP contribution in [0.1, 0.15) is 89.6 Å². The predicted octanol–water partition coefficient (Wildman–Crippen LogP) is 8.95. The van der Waals surface area contributed by atoms with Crippen molar-refractivity contribution in [2.75, 3.05) is 0 Å². The van der Waals surface area contributed by atoms with E-state index in [0.29, 0.717) is 46.1 Å². The molecule has 0 fully saturated rings. The Labute approximate surface area is 284 Å². The fourth-order valence-corrected chi connectivity index (χ4v) is 8.06. The number of benzene rings is 4. The second-order valence-corrected chi connectivity index (χ2v) is 13.4. The third kappa shape index (κ3) is 5.18. The lowest BCUT2D eigenvalue weighted by Crippen LogP contribution is -2.23. The maximum atomic E-state index is 13.6. The molecule has 0 saturated carbocycles. The lowest BCUT2D eigenvalue weighted by molar-refractivity contribution is 0.103. The van der Waals surface area contributed by atoms with E-state index in [-0.39, 0.29) is 22.7 Å². The molecule has 0 spiro atoms. The van der Waals surface area contributed by atoms with Crippen molar-refractivity contribution < 1.29 is 9.59 Å². The number of carbonyl (C=O) groups excluding carboxylic acids is 2. The van der Waals surface area contributed by atoms with Crippen LogP contribution in [0.2, 0.25) is 0 Å². The number of nitrogens with zero attached hydrogens (tertiary/aromatic N) is 2. The number of aromatic nitrogens is 2. The summed E-state index contributed by atoms with van der Waals surface area (Å²) in [5, 5.41) is 2.70. The van der Waals surface area contributed by atoms with Crippen LogP contribution in [0, 0.1) is 0 Å². The molecule has 8 rings (SSSR count). The number of pyridine rings is 2. The number of rotatable bonds is 12. The maximum absolute atomic E-state index is 13.6. The van der Waals surface area contributed by atoms with Gasteiger partial charge >= 0.3 is 0 Å². The van der Waals surface area contributed by atoms with Crippen molar-refractivity contribution in [3.8, 4) is 22.5 Å². The quantitative estimate of drug-likeness (QED) is 0.124. The van der Waals surface area contributed by atoms with Crippen molar-refractivity contribution in [3.05, 3.63) is 140 Å². The Morgan fingerprint density at radius 1 is 0.347 bits per heavy atom. The van der Waals surface area contributed by atoms with Gasteiger partial charge in [0.25, 0.3) is 11.1 Å². The van der Waals surface area contributed by atoms with Gasteiger partial charge in [0.15, 0.2) is 11.6 Å². The Morgan fingerprint density at radius 3 is 1.04 bits per heavy atom. The third-order valence-corrected chi connectivity index (χ3v) is 10.4. The number of unbranched alkanes of at least 4 members (excludes halogenated alkanes) is 8. The van der Waals surface area contributed by atoms with Gasteiger partial charge in [0.1, 0.15) is 0 Å². The van der Waals surface area contributed by atoms with Gasteiger partial charge in [-0.2, -0.15) is 0 Å². The normalized spacial score (nSPS) is 12.8. The number of fused-ring (bicyclic) bond motifs is 10. The number of carbonyl (C=O) groups is 2. The van der Waals surface area contributed by atoms with E-state index in [0.717, 1.165) is 91.1 Å². The molecule has 0 radical (unpaired) electrons. The molecule has 4 aromatic carbocycles. The van der Waals surface area contributed by atoms with E-state index < -0.39 is 0 Å². The summed E-state index contributed by atoms with van der Waals surface area (Å²) in [6.45, 7) is 1.20. The molecular weight excluding hydrogens is 608 g/mol. The molecule has 0 unspecified atom stereocenters. The molecule has 2 aliphatic rings. The second-order valence-electron chi connectivity index (χ2n) is 13.4. The van der Waals surface area contributed by atoms with Crippen molar-refractivity contribution in [3.63, 3.8) is 0 Å². The van der Waals surface area contributed by atoms with Crippen LogP contribution in [-0.2, 0) is 13.1 Å². The molecule has 6 aromatic rings. The van der Waals surface area contributed by atoms with Crippen molar-refractivity contribution >= 4 is 33.1 Å². The lowest BCUT2D eigenvalue weighted by Gasteiger charge is -2.15. The van der Waals surface area contributed by atoms with E-state index in [9.17, 15) is 19.2 Å². The van der Waals surface area contributed by atoms with Crippen LogP contribution in [0.4, 0.5) is 0 Å². The summed E-state index contributed by atoms with van der Waals surface area (Å²) in [6.07, 6.45) is 9.47. The third-order valence-electron chi connectivity index (χ3n) is 10.4. The van der Waals surface area contributed by atoms with Gasteiger partial charge < -0.3 is 9.13 Å². The number of hydrogen-bond donors (Lipinski definition) is 0. The molecule has 0 aliphatic heterocycles. The molecule has 6 nitrogen and oxygen atoms in total. The Kier molecular flexibility index (Phi) is 8.16. The minimum Gasteiger partial charge on any atom is -0.307 e. The van der Waals surface area contributed by atoms with E-state index in [1.54, 1.807) is 0 Å². The van der Waals surface area contributed by atoms with E-state index in [1.807, 2.05) is 106 Å².